The number of rotatable bonds is 9. The van der Waals surface area contributed by atoms with Crippen molar-refractivity contribution in [2.45, 2.75) is 44.4 Å². The summed E-state index contributed by atoms with van der Waals surface area (Å²) >= 11 is 0. The van der Waals surface area contributed by atoms with Gasteiger partial charge in [0.1, 0.15) is 0 Å². The van der Waals surface area contributed by atoms with Crippen molar-refractivity contribution < 1.29 is 19.5 Å². The maximum atomic E-state index is 12.4. The van der Waals surface area contributed by atoms with Crippen LogP contribution in [0.1, 0.15) is 60.4 Å². The zero-order chi connectivity index (χ0) is 25.3. The minimum atomic E-state index is -0.712. The van der Waals surface area contributed by atoms with Crippen LogP contribution in [0.15, 0.2) is 78.9 Å². The average Bonchev–Trinajstić information content (AvgIpc) is 2.90. The Morgan fingerprint density at radius 2 is 1.42 bits per heavy atom. The molecule has 0 aromatic heterocycles. The summed E-state index contributed by atoms with van der Waals surface area (Å²) in [4.78, 5) is 35.7. The SMILES string of the molecule is O=C(O)C[C@H]1CC[C@H](c2ccc(NC(=O)CCNC(=O)c3ccc(-c4ccccc4)cc3)cc2)CC1. The van der Waals surface area contributed by atoms with Gasteiger partial charge < -0.3 is 15.7 Å². The monoisotopic (exact) mass is 484 g/mol. The average molecular weight is 485 g/mol. The fourth-order valence-electron chi connectivity index (χ4n) is 4.85. The normalized spacial score (nSPS) is 17.2. The summed E-state index contributed by atoms with van der Waals surface area (Å²) in [5.41, 5.74) is 4.65. The highest BCUT2D eigenvalue weighted by Gasteiger charge is 2.24. The van der Waals surface area contributed by atoms with E-state index in [2.05, 4.69) is 10.6 Å². The molecule has 3 N–H and O–H groups in total. The largest absolute Gasteiger partial charge is 0.481 e. The van der Waals surface area contributed by atoms with Gasteiger partial charge in [0, 0.05) is 30.6 Å². The van der Waals surface area contributed by atoms with Crippen molar-refractivity contribution >= 4 is 23.5 Å². The lowest BCUT2D eigenvalue weighted by molar-refractivity contribution is -0.138. The predicted octanol–water partition coefficient (Wildman–Crippen LogP) is 5.86. The van der Waals surface area contributed by atoms with Crippen molar-refractivity contribution in [3.63, 3.8) is 0 Å². The van der Waals surface area contributed by atoms with Crippen LogP contribution in [0.3, 0.4) is 0 Å². The predicted molar refractivity (Wildman–Crippen MR) is 141 cm³/mol. The molecule has 0 heterocycles. The Balaban J connectivity index is 1.19. The smallest absolute Gasteiger partial charge is 0.303 e. The molecule has 2 amide bonds. The van der Waals surface area contributed by atoms with Crippen molar-refractivity contribution in [1.29, 1.82) is 0 Å². The van der Waals surface area contributed by atoms with Gasteiger partial charge in [-0.2, -0.15) is 0 Å². The molecule has 3 aromatic rings. The maximum absolute atomic E-state index is 12.4. The van der Waals surface area contributed by atoms with Crippen LogP contribution in [0.4, 0.5) is 5.69 Å². The van der Waals surface area contributed by atoms with E-state index in [1.54, 1.807) is 12.1 Å². The second-order valence-electron chi connectivity index (χ2n) is 9.43. The van der Waals surface area contributed by atoms with Gasteiger partial charge in [-0.1, -0.05) is 54.6 Å². The molecular formula is C30H32N2O4. The molecule has 0 bridgehead atoms. The van der Waals surface area contributed by atoms with E-state index in [1.165, 1.54) is 5.56 Å². The van der Waals surface area contributed by atoms with Crippen LogP contribution < -0.4 is 10.6 Å². The maximum Gasteiger partial charge on any atom is 0.303 e. The third-order valence-corrected chi connectivity index (χ3v) is 6.87. The van der Waals surface area contributed by atoms with Crippen LogP contribution in [0.25, 0.3) is 11.1 Å². The molecule has 3 aromatic carbocycles. The van der Waals surface area contributed by atoms with Crippen molar-refractivity contribution in [2.24, 2.45) is 5.92 Å². The Hall–Kier alpha value is -3.93. The number of benzene rings is 3. The van der Waals surface area contributed by atoms with Gasteiger partial charge in [0.2, 0.25) is 5.91 Å². The van der Waals surface area contributed by atoms with Gasteiger partial charge in [-0.05, 0) is 78.5 Å². The number of anilines is 1. The van der Waals surface area contributed by atoms with E-state index in [9.17, 15) is 14.4 Å². The topological polar surface area (TPSA) is 95.5 Å². The first kappa shape index (κ1) is 25.2. The van der Waals surface area contributed by atoms with Gasteiger partial charge in [0.25, 0.3) is 5.91 Å². The minimum absolute atomic E-state index is 0.156. The van der Waals surface area contributed by atoms with E-state index in [0.29, 0.717) is 11.5 Å². The van der Waals surface area contributed by atoms with Gasteiger partial charge >= 0.3 is 5.97 Å². The molecule has 1 aliphatic rings. The first-order valence-electron chi connectivity index (χ1n) is 12.5. The summed E-state index contributed by atoms with van der Waals surface area (Å²) in [7, 11) is 0. The number of hydrogen-bond donors (Lipinski definition) is 3. The Morgan fingerprint density at radius 1 is 0.778 bits per heavy atom. The standard InChI is InChI=1S/C30H32N2O4/c33-28(18-19-31-30(36)26-12-10-24(11-13-26)22-4-2-1-3-5-22)32-27-16-14-25(15-17-27)23-8-6-21(7-9-23)20-29(34)35/h1-5,10-17,21,23H,6-9,18-20H2,(H,31,36)(H,32,33)(H,34,35)/t21-,23-. The third-order valence-electron chi connectivity index (χ3n) is 6.87. The molecule has 186 valence electrons. The quantitative estimate of drug-likeness (QED) is 0.354. The number of carboxylic acids is 1. The number of aliphatic carboxylic acids is 1. The van der Waals surface area contributed by atoms with Crippen molar-refractivity contribution in [3.8, 4) is 11.1 Å². The number of amides is 2. The summed E-state index contributed by atoms with van der Waals surface area (Å²) in [6, 6.07) is 25.3. The second-order valence-corrected chi connectivity index (χ2v) is 9.43. The number of carboxylic acid groups (broad SMARTS) is 1. The van der Waals surface area contributed by atoms with E-state index in [1.807, 2.05) is 66.7 Å². The number of carbonyl (C=O) groups is 3. The van der Waals surface area contributed by atoms with E-state index >= 15 is 0 Å². The van der Waals surface area contributed by atoms with Crippen molar-refractivity contribution in [3.05, 3.63) is 90.0 Å². The Bertz CT molecular complexity index is 1170. The van der Waals surface area contributed by atoms with Crippen molar-refractivity contribution in [2.75, 3.05) is 11.9 Å². The Morgan fingerprint density at radius 3 is 2.06 bits per heavy atom. The highest BCUT2D eigenvalue weighted by Crippen LogP contribution is 2.37. The van der Waals surface area contributed by atoms with E-state index < -0.39 is 5.97 Å². The zero-order valence-corrected chi connectivity index (χ0v) is 20.3. The summed E-state index contributed by atoms with van der Waals surface area (Å²) in [5.74, 6) is -0.347. The molecule has 6 nitrogen and oxygen atoms in total. The van der Waals surface area contributed by atoms with E-state index in [0.717, 1.165) is 42.5 Å². The molecule has 1 fully saturated rings. The molecular weight excluding hydrogens is 452 g/mol. The molecule has 0 unspecified atom stereocenters. The molecule has 0 spiro atoms. The van der Waals surface area contributed by atoms with Gasteiger partial charge in [0.15, 0.2) is 0 Å². The van der Waals surface area contributed by atoms with Crippen LogP contribution in [0, 0.1) is 5.92 Å². The molecule has 36 heavy (non-hydrogen) atoms. The second kappa shape index (κ2) is 12.2. The number of hydrogen-bond acceptors (Lipinski definition) is 3. The minimum Gasteiger partial charge on any atom is -0.481 e. The van der Waals surface area contributed by atoms with Crippen LogP contribution in [0.2, 0.25) is 0 Å². The van der Waals surface area contributed by atoms with Crippen LogP contribution in [-0.2, 0) is 9.59 Å². The molecule has 0 radical (unpaired) electrons. The molecule has 0 aliphatic heterocycles. The summed E-state index contributed by atoms with van der Waals surface area (Å²) in [6.45, 7) is 0.253. The van der Waals surface area contributed by atoms with Gasteiger partial charge in [0.05, 0.1) is 0 Å². The number of carbonyl (C=O) groups excluding carboxylic acids is 2. The summed E-state index contributed by atoms with van der Waals surface area (Å²) in [6.07, 6.45) is 4.33. The molecule has 0 saturated heterocycles. The van der Waals surface area contributed by atoms with Gasteiger partial charge in [-0.3, -0.25) is 14.4 Å². The summed E-state index contributed by atoms with van der Waals surface area (Å²) in [5, 5.41) is 14.7. The molecule has 4 rings (SSSR count). The van der Waals surface area contributed by atoms with E-state index in [-0.39, 0.29) is 37.1 Å². The van der Waals surface area contributed by atoms with Gasteiger partial charge in [-0.15, -0.1) is 0 Å². The lowest BCUT2D eigenvalue weighted by Crippen LogP contribution is -2.27. The third kappa shape index (κ3) is 7.04. The Labute approximate surface area is 211 Å². The molecule has 1 saturated carbocycles. The first-order valence-corrected chi connectivity index (χ1v) is 12.5. The van der Waals surface area contributed by atoms with E-state index in [4.69, 9.17) is 5.11 Å². The first-order chi connectivity index (χ1) is 17.5. The lowest BCUT2D eigenvalue weighted by atomic mass is 9.77. The van der Waals surface area contributed by atoms with Crippen LogP contribution in [0.5, 0.6) is 0 Å². The fraction of sp³-hybridized carbons (Fsp3) is 0.300. The number of nitrogens with one attached hydrogen (secondary N) is 2. The Kier molecular flexibility index (Phi) is 8.50. The highest BCUT2D eigenvalue weighted by atomic mass is 16.4. The zero-order valence-electron chi connectivity index (χ0n) is 20.3. The summed E-state index contributed by atoms with van der Waals surface area (Å²) < 4.78 is 0. The van der Waals surface area contributed by atoms with Crippen molar-refractivity contribution in [1.82, 2.24) is 5.32 Å². The van der Waals surface area contributed by atoms with Crippen LogP contribution >= 0.6 is 0 Å². The van der Waals surface area contributed by atoms with Gasteiger partial charge in [-0.25, -0.2) is 0 Å². The van der Waals surface area contributed by atoms with Crippen LogP contribution in [-0.4, -0.2) is 29.4 Å². The highest BCUT2D eigenvalue weighted by molar-refractivity contribution is 5.95. The molecule has 6 heteroatoms. The fourth-order valence-corrected chi connectivity index (χ4v) is 4.85. The lowest BCUT2D eigenvalue weighted by Gasteiger charge is -2.28. The molecule has 1 aliphatic carbocycles. The molecule has 0 atom stereocenters.